The van der Waals surface area contributed by atoms with E-state index in [1.807, 2.05) is 0 Å². The van der Waals surface area contributed by atoms with Crippen LogP contribution in [-0.4, -0.2) is 71.6 Å². The first-order valence-corrected chi connectivity index (χ1v) is 7.73. The molecule has 0 saturated heterocycles. The highest BCUT2D eigenvalue weighted by atomic mass is 16.6. The number of Topliss-reactive ketones (excluding diaryl/α,β-unsaturated/α-hetero) is 1. The Morgan fingerprint density at radius 1 is 0.960 bits per heavy atom. The molecule has 8 heteroatoms. The summed E-state index contributed by atoms with van der Waals surface area (Å²) in [6, 6.07) is 0. The fourth-order valence-corrected chi connectivity index (χ4v) is 2.17. The average Bonchev–Trinajstić information content (AvgIpc) is 2.52. The van der Waals surface area contributed by atoms with Gasteiger partial charge < -0.3 is 23.7 Å². The molecular formula is C17H28O8. The van der Waals surface area contributed by atoms with E-state index in [0.717, 1.165) is 0 Å². The number of rotatable bonds is 13. The molecule has 0 heterocycles. The Bertz CT molecular complexity index is 454. The second kappa shape index (κ2) is 11.7. The zero-order valence-electron chi connectivity index (χ0n) is 15.6. The molecule has 0 aromatic heterocycles. The van der Waals surface area contributed by atoms with Crippen molar-refractivity contribution in [1.29, 1.82) is 0 Å². The zero-order chi connectivity index (χ0) is 19.5. The number of carbonyl (C=O) groups excluding carboxylic acids is 3. The second-order valence-corrected chi connectivity index (χ2v) is 5.94. The summed E-state index contributed by atoms with van der Waals surface area (Å²) in [5.74, 6) is -1.76. The maximum absolute atomic E-state index is 12.1. The Kier molecular flexibility index (Phi) is 10.9. The Labute approximate surface area is 148 Å². The van der Waals surface area contributed by atoms with Crippen LogP contribution in [0.3, 0.4) is 0 Å². The molecule has 0 spiro atoms. The van der Waals surface area contributed by atoms with Crippen LogP contribution in [0.4, 0.5) is 0 Å². The third kappa shape index (κ3) is 8.76. The Hall–Kier alpha value is -1.77. The van der Waals surface area contributed by atoms with E-state index in [9.17, 15) is 14.4 Å². The maximum Gasteiger partial charge on any atom is 0.347 e. The van der Waals surface area contributed by atoms with Crippen molar-refractivity contribution >= 4 is 17.7 Å². The fraction of sp³-hybridized carbons (Fsp3) is 0.706. The number of ketones is 1. The highest BCUT2D eigenvalue weighted by Gasteiger charge is 2.34. The summed E-state index contributed by atoms with van der Waals surface area (Å²) in [5.41, 5.74) is -0.685. The van der Waals surface area contributed by atoms with Crippen LogP contribution in [-0.2, 0) is 38.1 Å². The molecule has 144 valence electrons. The predicted octanol–water partition coefficient (Wildman–Crippen LogP) is 0.922. The summed E-state index contributed by atoms with van der Waals surface area (Å²) in [5, 5.41) is 0. The summed E-state index contributed by atoms with van der Waals surface area (Å²) in [6.45, 7) is 6.92. The normalized spacial score (nSPS) is 12.4. The van der Waals surface area contributed by atoms with Crippen LogP contribution in [0.25, 0.3) is 0 Å². The third-order valence-corrected chi connectivity index (χ3v) is 3.24. The van der Waals surface area contributed by atoms with Crippen LogP contribution < -0.4 is 0 Å². The van der Waals surface area contributed by atoms with Gasteiger partial charge in [-0.25, -0.2) is 9.59 Å². The molecule has 0 amide bonds. The fourth-order valence-electron chi connectivity index (χ4n) is 2.17. The molecule has 0 aliphatic rings. The molecule has 1 unspecified atom stereocenters. The van der Waals surface area contributed by atoms with Gasteiger partial charge in [-0.3, -0.25) is 4.79 Å². The molecule has 0 aromatic carbocycles. The number of esters is 2. The van der Waals surface area contributed by atoms with Gasteiger partial charge in [0.25, 0.3) is 0 Å². The van der Waals surface area contributed by atoms with Gasteiger partial charge in [0.15, 0.2) is 6.10 Å². The summed E-state index contributed by atoms with van der Waals surface area (Å²) in [7, 11) is 4.56. The van der Waals surface area contributed by atoms with Gasteiger partial charge in [0.1, 0.15) is 12.4 Å². The van der Waals surface area contributed by atoms with Crippen LogP contribution in [0.2, 0.25) is 0 Å². The predicted molar refractivity (Wildman–Crippen MR) is 89.0 cm³/mol. The highest BCUT2D eigenvalue weighted by molar-refractivity contribution is 5.95. The third-order valence-electron chi connectivity index (χ3n) is 3.24. The molecular weight excluding hydrogens is 332 g/mol. The molecule has 1 atom stereocenters. The maximum atomic E-state index is 12.1. The topological polar surface area (TPSA) is 97.4 Å². The van der Waals surface area contributed by atoms with E-state index in [2.05, 4.69) is 6.58 Å². The van der Waals surface area contributed by atoms with Crippen LogP contribution >= 0.6 is 0 Å². The molecule has 0 bridgehead atoms. The lowest BCUT2D eigenvalue weighted by Gasteiger charge is -2.31. The largest absolute Gasteiger partial charge is 0.462 e. The van der Waals surface area contributed by atoms with Crippen molar-refractivity contribution in [3.8, 4) is 0 Å². The lowest BCUT2D eigenvalue weighted by molar-refractivity contribution is -0.170. The number of methoxy groups -OCH3 is 3. The molecule has 8 nitrogen and oxygen atoms in total. The number of hydrogen-bond donors (Lipinski definition) is 0. The quantitative estimate of drug-likeness (QED) is 0.353. The van der Waals surface area contributed by atoms with Crippen molar-refractivity contribution in [3.63, 3.8) is 0 Å². The van der Waals surface area contributed by atoms with Crippen molar-refractivity contribution in [2.75, 3.05) is 47.8 Å². The monoisotopic (exact) mass is 360 g/mol. The number of ether oxygens (including phenoxy) is 5. The standard InChI is InChI=1S/C17H28O8/c1-12(7-13(2)18)15(19)25-14(3)16(20)24-11-17(8-21-4,9-22-5)10-23-6/h14H,1,7-11H2,2-6H3. The van der Waals surface area contributed by atoms with Crippen molar-refractivity contribution < 1.29 is 38.1 Å². The van der Waals surface area contributed by atoms with E-state index >= 15 is 0 Å². The molecule has 0 radical (unpaired) electrons. The van der Waals surface area contributed by atoms with Gasteiger partial charge in [0.05, 0.1) is 25.2 Å². The van der Waals surface area contributed by atoms with Crippen molar-refractivity contribution in [2.24, 2.45) is 5.41 Å². The summed E-state index contributed by atoms with van der Waals surface area (Å²) < 4.78 is 25.7. The van der Waals surface area contributed by atoms with Crippen molar-refractivity contribution in [3.05, 3.63) is 12.2 Å². The molecule has 0 aliphatic heterocycles. The van der Waals surface area contributed by atoms with E-state index in [1.165, 1.54) is 35.2 Å². The molecule has 0 N–H and O–H groups in total. The van der Waals surface area contributed by atoms with Crippen LogP contribution in [0.15, 0.2) is 12.2 Å². The minimum absolute atomic E-state index is 0.0142. The first-order chi connectivity index (χ1) is 11.7. The molecule has 0 aromatic rings. The van der Waals surface area contributed by atoms with E-state index in [4.69, 9.17) is 23.7 Å². The van der Waals surface area contributed by atoms with E-state index in [0.29, 0.717) is 0 Å². The Balaban J connectivity index is 4.70. The van der Waals surface area contributed by atoms with Crippen LogP contribution in [0.1, 0.15) is 20.3 Å². The second-order valence-electron chi connectivity index (χ2n) is 5.94. The minimum atomic E-state index is -1.14. The summed E-state index contributed by atoms with van der Waals surface area (Å²) >= 11 is 0. The van der Waals surface area contributed by atoms with Crippen LogP contribution in [0.5, 0.6) is 0 Å². The van der Waals surface area contributed by atoms with Gasteiger partial charge >= 0.3 is 11.9 Å². The smallest absolute Gasteiger partial charge is 0.347 e. The van der Waals surface area contributed by atoms with Crippen LogP contribution in [0, 0.1) is 5.41 Å². The minimum Gasteiger partial charge on any atom is -0.462 e. The van der Waals surface area contributed by atoms with Crippen molar-refractivity contribution in [1.82, 2.24) is 0 Å². The van der Waals surface area contributed by atoms with Gasteiger partial charge in [-0.05, 0) is 13.8 Å². The van der Waals surface area contributed by atoms with E-state index < -0.39 is 23.5 Å². The number of carbonyl (C=O) groups is 3. The summed E-state index contributed by atoms with van der Waals surface area (Å²) in [4.78, 5) is 34.8. The van der Waals surface area contributed by atoms with E-state index in [-0.39, 0.29) is 44.2 Å². The Morgan fingerprint density at radius 3 is 1.84 bits per heavy atom. The lowest BCUT2D eigenvalue weighted by Crippen LogP contribution is -2.42. The SMILES string of the molecule is C=C(CC(C)=O)C(=O)OC(C)C(=O)OCC(COC)(COC)COC. The van der Waals surface area contributed by atoms with Gasteiger partial charge in [0.2, 0.25) is 0 Å². The lowest BCUT2D eigenvalue weighted by atomic mass is 9.92. The first-order valence-electron chi connectivity index (χ1n) is 7.73. The Morgan fingerprint density at radius 2 is 1.44 bits per heavy atom. The van der Waals surface area contributed by atoms with Gasteiger partial charge in [-0.2, -0.15) is 0 Å². The summed E-state index contributed by atoms with van der Waals surface area (Å²) in [6.07, 6.45) is -1.26. The molecule has 0 aliphatic carbocycles. The first kappa shape index (κ1) is 23.2. The van der Waals surface area contributed by atoms with E-state index in [1.54, 1.807) is 0 Å². The molecule has 0 rings (SSSR count). The zero-order valence-corrected chi connectivity index (χ0v) is 15.6. The molecule has 0 saturated carbocycles. The van der Waals surface area contributed by atoms with Gasteiger partial charge in [-0.1, -0.05) is 6.58 Å². The van der Waals surface area contributed by atoms with Gasteiger partial charge in [-0.15, -0.1) is 0 Å². The van der Waals surface area contributed by atoms with Gasteiger partial charge in [0, 0.05) is 33.3 Å². The molecule has 25 heavy (non-hydrogen) atoms. The average molecular weight is 360 g/mol. The molecule has 0 fully saturated rings. The number of hydrogen-bond acceptors (Lipinski definition) is 8. The van der Waals surface area contributed by atoms with Crippen molar-refractivity contribution in [2.45, 2.75) is 26.4 Å². The highest BCUT2D eigenvalue weighted by Crippen LogP contribution is 2.20.